The lowest BCUT2D eigenvalue weighted by Crippen LogP contribution is -2.59. The average molecular weight is 525 g/mol. The number of aliphatic carboxylic acids is 1. The van der Waals surface area contributed by atoms with Gasteiger partial charge in [-0.25, -0.2) is 9.78 Å². The molecule has 1 rings (SSSR count). The number of H-pyrrole nitrogens is 1. The number of primary amides is 1. The van der Waals surface area contributed by atoms with E-state index in [0.29, 0.717) is 5.69 Å². The van der Waals surface area contributed by atoms with Crippen molar-refractivity contribution in [2.24, 2.45) is 33.8 Å². The van der Waals surface area contributed by atoms with E-state index in [1.807, 2.05) is 0 Å². The zero-order valence-corrected chi connectivity index (χ0v) is 20.8. The van der Waals surface area contributed by atoms with Crippen molar-refractivity contribution in [3.63, 3.8) is 0 Å². The first-order valence-corrected chi connectivity index (χ1v) is 11.5. The first-order valence-electron chi connectivity index (χ1n) is 11.5. The molecule has 37 heavy (non-hydrogen) atoms. The van der Waals surface area contributed by atoms with Crippen molar-refractivity contribution in [2.45, 2.75) is 63.7 Å². The standard InChI is InChI=1S/C21H36N10O6/c1-10(2)16(19(35)29-13(20(36)37)4-3-5-27-21(24)25)31-18(34)14(7-15(23)32)30-17(33)12(22)6-11-8-26-9-28-11/h8-10,12-14,16H,3-7,22H2,1-2H3,(H2,23,32)(H,26,28)(H,29,35)(H,30,33)(H,31,34)(H,36,37)(H4,24,25,27). The highest BCUT2D eigenvalue weighted by Crippen LogP contribution is 2.07. The van der Waals surface area contributed by atoms with Gasteiger partial charge in [-0.05, 0) is 18.8 Å². The van der Waals surface area contributed by atoms with Crippen LogP contribution in [0.4, 0.5) is 0 Å². The van der Waals surface area contributed by atoms with Crippen molar-refractivity contribution in [1.29, 1.82) is 0 Å². The summed E-state index contributed by atoms with van der Waals surface area (Å²) in [7, 11) is 0. The molecule has 0 aliphatic carbocycles. The number of carbonyl (C=O) groups is 5. The van der Waals surface area contributed by atoms with Gasteiger partial charge in [-0.15, -0.1) is 0 Å². The molecule has 4 amide bonds. The van der Waals surface area contributed by atoms with Crippen LogP contribution in [0.3, 0.4) is 0 Å². The molecule has 4 atom stereocenters. The van der Waals surface area contributed by atoms with E-state index in [4.69, 9.17) is 22.9 Å². The quantitative estimate of drug-likeness (QED) is 0.0581. The van der Waals surface area contributed by atoms with Crippen LogP contribution in [0.25, 0.3) is 0 Å². The van der Waals surface area contributed by atoms with E-state index >= 15 is 0 Å². The van der Waals surface area contributed by atoms with Gasteiger partial charge in [0.2, 0.25) is 23.6 Å². The highest BCUT2D eigenvalue weighted by molar-refractivity contribution is 5.96. The molecular weight excluding hydrogens is 488 g/mol. The van der Waals surface area contributed by atoms with Gasteiger partial charge in [0, 0.05) is 24.9 Å². The highest BCUT2D eigenvalue weighted by atomic mass is 16.4. The van der Waals surface area contributed by atoms with Gasteiger partial charge in [-0.3, -0.25) is 24.2 Å². The monoisotopic (exact) mass is 524 g/mol. The fourth-order valence-electron chi connectivity index (χ4n) is 3.23. The molecule has 0 aliphatic heterocycles. The smallest absolute Gasteiger partial charge is 0.326 e. The Kier molecular flexibility index (Phi) is 12.5. The molecule has 16 nitrogen and oxygen atoms in total. The number of carbonyl (C=O) groups excluding carboxylic acids is 4. The van der Waals surface area contributed by atoms with E-state index in [1.165, 1.54) is 12.5 Å². The Labute approximate surface area is 213 Å². The van der Waals surface area contributed by atoms with Crippen LogP contribution in [-0.4, -0.2) is 81.3 Å². The van der Waals surface area contributed by atoms with Crippen LogP contribution in [0.1, 0.15) is 38.8 Å². The minimum atomic E-state index is -1.42. The summed E-state index contributed by atoms with van der Waals surface area (Å²) in [6, 6.07) is -4.93. The number of aromatic nitrogens is 2. The Morgan fingerprint density at radius 1 is 1.03 bits per heavy atom. The molecule has 1 heterocycles. The molecule has 206 valence electrons. The number of nitrogens with zero attached hydrogens (tertiary/aromatic N) is 2. The van der Waals surface area contributed by atoms with Crippen LogP contribution in [0, 0.1) is 5.92 Å². The number of amides is 4. The number of nitrogens with one attached hydrogen (secondary N) is 4. The number of nitrogens with two attached hydrogens (primary N) is 4. The molecule has 1 aromatic rings. The van der Waals surface area contributed by atoms with Gasteiger partial charge in [0.1, 0.15) is 18.1 Å². The summed E-state index contributed by atoms with van der Waals surface area (Å²) in [5.41, 5.74) is 22.2. The highest BCUT2D eigenvalue weighted by Gasteiger charge is 2.32. The number of aromatic amines is 1. The maximum Gasteiger partial charge on any atom is 0.326 e. The lowest BCUT2D eigenvalue weighted by atomic mass is 10.0. The van der Waals surface area contributed by atoms with Gasteiger partial charge in [0.05, 0.1) is 18.8 Å². The summed E-state index contributed by atoms with van der Waals surface area (Å²) >= 11 is 0. The molecule has 0 spiro atoms. The van der Waals surface area contributed by atoms with E-state index in [-0.39, 0.29) is 31.8 Å². The van der Waals surface area contributed by atoms with E-state index in [9.17, 15) is 29.1 Å². The number of hydrogen-bond acceptors (Lipinski definition) is 8. The summed E-state index contributed by atoms with van der Waals surface area (Å²) in [5, 5.41) is 16.7. The second kappa shape index (κ2) is 15.0. The number of rotatable bonds is 16. The van der Waals surface area contributed by atoms with Crippen molar-refractivity contribution in [2.75, 3.05) is 6.54 Å². The minimum Gasteiger partial charge on any atom is -0.480 e. The summed E-state index contributed by atoms with van der Waals surface area (Å²) in [5.74, 6) is -5.14. The molecule has 13 N–H and O–H groups in total. The summed E-state index contributed by atoms with van der Waals surface area (Å²) in [6.45, 7) is 3.42. The summed E-state index contributed by atoms with van der Waals surface area (Å²) in [4.78, 5) is 71.9. The molecule has 0 radical (unpaired) electrons. The largest absolute Gasteiger partial charge is 0.480 e. The van der Waals surface area contributed by atoms with Gasteiger partial charge in [0.15, 0.2) is 5.96 Å². The van der Waals surface area contributed by atoms with Gasteiger partial charge in [-0.2, -0.15) is 0 Å². The number of hydrogen-bond donors (Lipinski definition) is 9. The van der Waals surface area contributed by atoms with Crippen LogP contribution >= 0.6 is 0 Å². The predicted molar refractivity (Wildman–Crippen MR) is 132 cm³/mol. The van der Waals surface area contributed by atoms with Crippen LogP contribution in [0.5, 0.6) is 0 Å². The molecular formula is C21H36N10O6. The lowest BCUT2D eigenvalue weighted by molar-refractivity contribution is -0.143. The lowest BCUT2D eigenvalue weighted by Gasteiger charge is -2.26. The van der Waals surface area contributed by atoms with E-state index in [2.05, 4.69) is 30.9 Å². The van der Waals surface area contributed by atoms with Crippen LogP contribution in [0.2, 0.25) is 0 Å². The fourth-order valence-corrected chi connectivity index (χ4v) is 3.23. The molecule has 0 bridgehead atoms. The van der Waals surface area contributed by atoms with E-state index in [1.54, 1.807) is 13.8 Å². The third-order valence-corrected chi connectivity index (χ3v) is 5.18. The second-order valence-corrected chi connectivity index (χ2v) is 8.70. The van der Waals surface area contributed by atoms with Crippen LogP contribution < -0.4 is 38.9 Å². The van der Waals surface area contributed by atoms with Crippen molar-refractivity contribution >= 4 is 35.6 Å². The number of guanidine groups is 1. The SMILES string of the molecule is CC(C)C(NC(=O)C(CC(N)=O)NC(=O)C(N)Cc1cnc[nH]1)C(=O)NC(CCCN=C(N)N)C(=O)O. The first-order chi connectivity index (χ1) is 17.3. The summed E-state index contributed by atoms with van der Waals surface area (Å²) in [6.07, 6.45) is 2.75. The fraction of sp³-hybridized carbons (Fsp3) is 0.571. The third-order valence-electron chi connectivity index (χ3n) is 5.18. The maximum atomic E-state index is 12.9. The number of imidazole rings is 1. The Morgan fingerprint density at radius 3 is 2.19 bits per heavy atom. The summed E-state index contributed by atoms with van der Waals surface area (Å²) < 4.78 is 0. The Hall–Kier alpha value is -4.21. The molecule has 0 fully saturated rings. The van der Waals surface area contributed by atoms with Gasteiger partial charge >= 0.3 is 5.97 Å². The second-order valence-electron chi connectivity index (χ2n) is 8.70. The number of aliphatic imine (C=N–C) groups is 1. The van der Waals surface area contributed by atoms with Crippen molar-refractivity contribution in [3.05, 3.63) is 18.2 Å². The Balaban J connectivity index is 2.88. The Morgan fingerprint density at radius 2 is 1.68 bits per heavy atom. The van der Waals surface area contributed by atoms with Crippen LogP contribution in [0.15, 0.2) is 17.5 Å². The number of carboxylic acid groups (broad SMARTS) is 1. The zero-order chi connectivity index (χ0) is 28.1. The Bertz CT molecular complexity index is 961. The maximum absolute atomic E-state index is 12.9. The third kappa shape index (κ3) is 11.4. The average Bonchev–Trinajstić information content (AvgIpc) is 3.30. The molecule has 16 heteroatoms. The molecule has 4 unspecified atom stereocenters. The van der Waals surface area contributed by atoms with Crippen molar-refractivity contribution in [3.8, 4) is 0 Å². The molecule has 0 aliphatic rings. The van der Waals surface area contributed by atoms with Crippen molar-refractivity contribution < 1.29 is 29.1 Å². The van der Waals surface area contributed by atoms with Crippen molar-refractivity contribution in [1.82, 2.24) is 25.9 Å². The predicted octanol–water partition coefficient (Wildman–Crippen LogP) is -3.60. The minimum absolute atomic E-state index is 0.0329. The molecule has 0 saturated carbocycles. The zero-order valence-electron chi connectivity index (χ0n) is 20.8. The topological polar surface area (TPSA) is 287 Å². The number of carboxylic acids is 1. The van der Waals surface area contributed by atoms with Gasteiger partial charge < -0.3 is 49.0 Å². The first kappa shape index (κ1) is 30.8. The molecule has 1 aromatic heterocycles. The van der Waals surface area contributed by atoms with Gasteiger partial charge in [-0.1, -0.05) is 13.8 Å². The van der Waals surface area contributed by atoms with E-state index < -0.39 is 66.1 Å². The molecule has 0 aromatic carbocycles. The normalized spacial score (nSPS) is 14.1. The van der Waals surface area contributed by atoms with E-state index in [0.717, 1.165) is 0 Å². The van der Waals surface area contributed by atoms with Crippen LogP contribution in [-0.2, 0) is 30.4 Å². The van der Waals surface area contributed by atoms with Gasteiger partial charge in [0.25, 0.3) is 0 Å². The molecule has 0 saturated heterocycles.